The summed E-state index contributed by atoms with van der Waals surface area (Å²) in [6, 6.07) is 8.03. The molecule has 0 saturated carbocycles. The van der Waals surface area contributed by atoms with Crippen LogP contribution in [0.4, 0.5) is 5.69 Å². The number of hydrogen-bond acceptors (Lipinski definition) is 2. The summed E-state index contributed by atoms with van der Waals surface area (Å²) in [6.45, 7) is 0. The Bertz CT molecular complexity index is 455. The third-order valence-electron chi connectivity index (χ3n) is 1.71. The van der Waals surface area contributed by atoms with E-state index in [2.05, 4.69) is 4.99 Å². The van der Waals surface area contributed by atoms with E-state index in [1.165, 1.54) is 4.70 Å². The maximum Gasteiger partial charge on any atom is 0.191 e. The van der Waals surface area contributed by atoms with Crippen molar-refractivity contribution in [3.63, 3.8) is 0 Å². The standard InChI is InChI=1S/C9H9N3S/c10-9(11)12-7-5-13-8-4-2-1-3-6(7)8/h1-5H,(H4,10,11,12). The molecular formula is C9H9N3S. The van der Waals surface area contributed by atoms with Crippen LogP contribution in [0.1, 0.15) is 0 Å². The third-order valence-corrected chi connectivity index (χ3v) is 2.66. The van der Waals surface area contributed by atoms with E-state index in [4.69, 9.17) is 11.5 Å². The van der Waals surface area contributed by atoms with Gasteiger partial charge in [-0.05, 0) is 6.07 Å². The van der Waals surface area contributed by atoms with Crippen LogP contribution in [0.2, 0.25) is 0 Å². The lowest BCUT2D eigenvalue weighted by atomic mass is 10.2. The van der Waals surface area contributed by atoms with E-state index in [9.17, 15) is 0 Å². The van der Waals surface area contributed by atoms with Crippen molar-refractivity contribution in [3.05, 3.63) is 29.6 Å². The molecule has 0 saturated heterocycles. The van der Waals surface area contributed by atoms with Gasteiger partial charge in [0.2, 0.25) is 0 Å². The monoisotopic (exact) mass is 191 g/mol. The predicted octanol–water partition coefficient (Wildman–Crippen LogP) is 1.81. The van der Waals surface area contributed by atoms with Crippen molar-refractivity contribution in [2.75, 3.05) is 0 Å². The molecule has 0 fully saturated rings. The van der Waals surface area contributed by atoms with Crippen LogP contribution in [-0.4, -0.2) is 5.96 Å². The van der Waals surface area contributed by atoms with Gasteiger partial charge in [-0.2, -0.15) is 0 Å². The maximum absolute atomic E-state index is 5.31. The number of nitrogens with zero attached hydrogens (tertiary/aromatic N) is 1. The van der Waals surface area contributed by atoms with Crippen LogP contribution < -0.4 is 11.5 Å². The molecule has 13 heavy (non-hydrogen) atoms. The van der Waals surface area contributed by atoms with Gasteiger partial charge in [-0.15, -0.1) is 11.3 Å². The van der Waals surface area contributed by atoms with Gasteiger partial charge in [-0.3, -0.25) is 0 Å². The van der Waals surface area contributed by atoms with Gasteiger partial charge in [0.1, 0.15) is 0 Å². The third kappa shape index (κ3) is 1.48. The predicted molar refractivity (Wildman–Crippen MR) is 57.3 cm³/mol. The molecule has 66 valence electrons. The molecule has 1 aromatic carbocycles. The lowest BCUT2D eigenvalue weighted by Crippen LogP contribution is -2.21. The lowest BCUT2D eigenvalue weighted by Gasteiger charge is -1.91. The highest BCUT2D eigenvalue weighted by molar-refractivity contribution is 7.17. The van der Waals surface area contributed by atoms with Crippen molar-refractivity contribution in [2.24, 2.45) is 16.5 Å². The molecule has 0 bridgehead atoms. The number of guanidine groups is 1. The second-order valence-electron chi connectivity index (χ2n) is 2.65. The Labute approximate surface area is 79.7 Å². The van der Waals surface area contributed by atoms with Crippen molar-refractivity contribution in [1.29, 1.82) is 0 Å². The smallest absolute Gasteiger partial charge is 0.191 e. The van der Waals surface area contributed by atoms with E-state index in [0.717, 1.165) is 11.1 Å². The minimum atomic E-state index is 0.101. The van der Waals surface area contributed by atoms with Crippen molar-refractivity contribution < 1.29 is 0 Å². The summed E-state index contributed by atoms with van der Waals surface area (Å²) in [5.41, 5.74) is 11.5. The maximum atomic E-state index is 5.31. The molecule has 4 heteroatoms. The van der Waals surface area contributed by atoms with Gasteiger partial charge >= 0.3 is 0 Å². The van der Waals surface area contributed by atoms with E-state index >= 15 is 0 Å². The highest BCUT2D eigenvalue weighted by atomic mass is 32.1. The molecule has 2 aromatic rings. The molecule has 0 aliphatic heterocycles. The highest BCUT2D eigenvalue weighted by Gasteiger charge is 2.00. The summed E-state index contributed by atoms with van der Waals surface area (Å²) in [4.78, 5) is 4.03. The Morgan fingerprint density at radius 3 is 2.77 bits per heavy atom. The van der Waals surface area contributed by atoms with Crippen LogP contribution in [0.25, 0.3) is 10.1 Å². The second-order valence-corrected chi connectivity index (χ2v) is 3.57. The fourth-order valence-electron chi connectivity index (χ4n) is 1.19. The number of aliphatic imine (C=N–C) groups is 1. The van der Waals surface area contributed by atoms with E-state index in [1.54, 1.807) is 11.3 Å². The lowest BCUT2D eigenvalue weighted by molar-refractivity contribution is 1.45. The molecule has 0 atom stereocenters. The number of fused-ring (bicyclic) bond motifs is 1. The molecule has 0 amide bonds. The van der Waals surface area contributed by atoms with E-state index in [0.29, 0.717) is 0 Å². The topological polar surface area (TPSA) is 64.4 Å². The first-order valence-corrected chi connectivity index (χ1v) is 4.71. The normalized spacial score (nSPS) is 10.2. The largest absolute Gasteiger partial charge is 0.370 e. The van der Waals surface area contributed by atoms with Gasteiger partial charge in [0.05, 0.1) is 5.69 Å². The summed E-state index contributed by atoms with van der Waals surface area (Å²) in [6.07, 6.45) is 0. The van der Waals surface area contributed by atoms with E-state index in [1.807, 2.05) is 29.6 Å². The summed E-state index contributed by atoms with van der Waals surface area (Å²) in [5.74, 6) is 0.101. The zero-order valence-corrected chi connectivity index (χ0v) is 7.71. The SMILES string of the molecule is NC(N)=Nc1csc2ccccc12. The molecule has 0 unspecified atom stereocenters. The minimum Gasteiger partial charge on any atom is -0.370 e. The first kappa shape index (κ1) is 8.07. The van der Waals surface area contributed by atoms with Crippen molar-refractivity contribution >= 4 is 33.1 Å². The minimum absolute atomic E-state index is 0.101. The van der Waals surface area contributed by atoms with Crippen LogP contribution in [0, 0.1) is 0 Å². The number of rotatable bonds is 1. The Balaban J connectivity index is 2.65. The van der Waals surface area contributed by atoms with Gasteiger partial charge in [0.25, 0.3) is 0 Å². The summed E-state index contributed by atoms with van der Waals surface area (Å²) in [5, 5.41) is 3.05. The molecule has 0 radical (unpaired) electrons. The van der Waals surface area contributed by atoms with Crippen LogP contribution in [0.3, 0.4) is 0 Å². The molecule has 4 N–H and O–H groups in total. The van der Waals surface area contributed by atoms with Gasteiger partial charge in [-0.25, -0.2) is 4.99 Å². The molecule has 1 heterocycles. The number of thiophene rings is 1. The number of benzene rings is 1. The molecule has 0 spiro atoms. The molecular weight excluding hydrogens is 182 g/mol. The van der Waals surface area contributed by atoms with Crippen molar-refractivity contribution in [3.8, 4) is 0 Å². The molecule has 0 aliphatic rings. The highest BCUT2D eigenvalue weighted by Crippen LogP contribution is 2.31. The van der Waals surface area contributed by atoms with Crippen LogP contribution in [0.5, 0.6) is 0 Å². The second kappa shape index (κ2) is 3.06. The quantitative estimate of drug-likeness (QED) is 0.533. The zero-order chi connectivity index (χ0) is 9.26. The fourth-order valence-corrected chi connectivity index (χ4v) is 2.06. The van der Waals surface area contributed by atoms with Crippen LogP contribution in [0.15, 0.2) is 34.6 Å². The number of nitrogens with two attached hydrogens (primary N) is 2. The van der Waals surface area contributed by atoms with Gasteiger partial charge in [0, 0.05) is 15.5 Å². The van der Waals surface area contributed by atoms with Crippen LogP contribution in [-0.2, 0) is 0 Å². The first-order valence-electron chi connectivity index (χ1n) is 3.83. The Morgan fingerprint density at radius 1 is 1.23 bits per heavy atom. The molecule has 0 aliphatic carbocycles. The average Bonchev–Trinajstić information content (AvgIpc) is 2.48. The Morgan fingerprint density at radius 2 is 2.00 bits per heavy atom. The van der Waals surface area contributed by atoms with Gasteiger partial charge < -0.3 is 11.5 Å². The Hall–Kier alpha value is -1.55. The summed E-state index contributed by atoms with van der Waals surface area (Å²) in [7, 11) is 0. The average molecular weight is 191 g/mol. The van der Waals surface area contributed by atoms with Gasteiger partial charge in [0.15, 0.2) is 5.96 Å². The zero-order valence-electron chi connectivity index (χ0n) is 6.90. The molecule has 3 nitrogen and oxygen atoms in total. The van der Waals surface area contributed by atoms with E-state index in [-0.39, 0.29) is 5.96 Å². The van der Waals surface area contributed by atoms with Crippen LogP contribution >= 0.6 is 11.3 Å². The fraction of sp³-hybridized carbons (Fsp3) is 0. The summed E-state index contributed by atoms with van der Waals surface area (Å²) < 4.78 is 1.20. The molecule has 2 rings (SSSR count). The van der Waals surface area contributed by atoms with Crippen molar-refractivity contribution in [1.82, 2.24) is 0 Å². The van der Waals surface area contributed by atoms with Crippen molar-refractivity contribution in [2.45, 2.75) is 0 Å². The number of hydrogen-bond donors (Lipinski definition) is 2. The molecule has 1 aromatic heterocycles. The van der Waals surface area contributed by atoms with Gasteiger partial charge in [-0.1, -0.05) is 18.2 Å². The summed E-state index contributed by atoms with van der Waals surface area (Å²) >= 11 is 1.64. The first-order chi connectivity index (χ1) is 6.27. The van der Waals surface area contributed by atoms with E-state index < -0.39 is 0 Å². The Kier molecular flexibility index (Phi) is 1.90.